The van der Waals surface area contributed by atoms with E-state index < -0.39 is 29.6 Å². The molecule has 0 aliphatic rings. The van der Waals surface area contributed by atoms with E-state index in [0.717, 1.165) is 106 Å². The minimum absolute atomic E-state index is 0.458. The van der Waals surface area contributed by atoms with Gasteiger partial charge in [-0.3, -0.25) is 9.59 Å². The van der Waals surface area contributed by atoms with Gasteiger partial charge in [0.25, 0.3) is 0 Å². The van der Waals surface area contributed by atoms with Crippen LogP contribution in [0.3, 0.4) is 0 Å². The number of esters is 2. The first-order valence-corrected chi connectivity index (χ1v) is 20.3. The fraction of sp³-hybridized carbons (Fsp3) is 0.422. The Bertz CT molecular complexity index is 2050. The van der Waals surface area contributed by atoms with Gasteiger partial charge in [0.05, 0.1) is 0 Å². The summed E-state index contributed by atoms with van der Waals surface area (Å²) in [7, 11) is 0. The smallest absolute Gasteiger partial charge is 0.318 e. The maximum atomic E-state index is 14.0. The number of benzene rings is 4. The van der Waals surface area contributed by atoms with E-state index in [-0.39, 0.29) is 0 Å². The van der Waals surface area contributed by atoms with E-state index in [1.807, 2.05) is 36.4 Å². The number of aromatic nitrogens is 2. The summed E-state index contributed by atoms with van der Waals surface area (Å²) in [5.74, 6) is -1.12. The number of nitrogens with one attached hydrogen (secondary N) is 2. The summed E-state index contributed by atoms with van der Waals surface area (Å²) < 4.78 is 13.1. The Kier molecular flexibility index (Phi) is 12.4. The summed E-state index contributed by atoms with van der Waals surface area (Å²) in [5.41, 5.74) is 4.01. The molecule has 8 heteroatoms. The maximum Gasteiger partial charge on any atom is 0.318 e. The van der Waals surface area contributed by atoms with Crippen molar-refractivity contribution in [1.29, 1.82) is 0 Å². The van der Waals surface area contributed by atoms with Crippen LogP contribution in [0.2, 0.25) is 10.0 Å². The van der Waals surface area contributed by atoms with Crippen molar-refractivity contribution >= 4 is 78.8 Å². The molecule has 280 valence electrons. The molecule has 0 spiro atoms. The molecule has 0 saturated carbocycles. The monoisotopic (exact) mass is 754 g/mol. The van der Waals surface area contributed by atoms with Gasteiger partial charge in [-0.15, -0.1) is 0 Å². The maximum absolute atomic E-state index is 14.0. The first-order chi connectivity index (χ1) is 25.6. The molecule has 53 heavy (non-hydrogen) atoms. The second kappa shape index (κ2) is 17.0. The summed E-state index contributed by atoms with van der Waals surface area (Å²) in [6.07, 6.45) is 9.49. The van der Waals surface area contributed by atoms with Gasteiger partial charge in [0.2, 0.25) is 0 Å². The number of aromatic amines is 2. The van der Waals surface area contributed by atoms with Gasteiger partial charge in [-0.25, -0.2) is 0 Å². The summed E-state index contributed by atoms with van der Waals surface area (Å²) in [4.78, 5) is 35.1. The van der Waals surface area contributed by atoms with Crippen LogP contribution >= 0.6 is 23.2 Å². The average Bonchev–Trinajstić information content (AvgIpc) is 3.70. The van der Waals surface area contributed by atoms with Crippen molar-refractivity contribution in [1.82, 2.24) is 9.97 Å². The van der Waals surface area contributed by atoms with Crippen LogP contribution in [-0.4, -0.2) is 21.9 Å². The number of carbonyl (C=O) groups is 2. The van der Waals surface area contributed by atoms with E-state index in [2.05, 4.69) is 74.1 Å². The predicted molar refractivity (Wildman–Crippen MR) is 220 cm³/mol. The number of fused-ring (bicyclic) bond motifs is 6. The molecule has 4 aromatic carbocycles. The quantitative estimate of drug-likeness (QED) is 0.0676. The summed E-state index contributed by atoms with van der Waals surface area (Å²) in [6, 6.07) is 24.2. The van der Waals surface area contributed by atoms with E-state index in [0.29, 0.717) is 35.7 Å². The van der Waals surface area contributed by atoms with Crippen LogP contribution in [0, 0.1) is 0 Å². The van der Waals surface area contributed by atoms with Crippen LogP contribution in [0.4, 0.5) is 0 Å². The van der Waals surface area contributed by atoms with Crippen molar-refractivity contribution in [2.24, 2.45) is 0 Å². The fourth-order valence-corrected chi connectivity index (χ4v) is 8.29. The second-order valence-electron chi connectivity index (χ2n) is 14.7. The van der Waals surface area contributed by atoms with Crippen molar-refractivity contribution in [3.63, 3.8) is 0 Å². The lowest BCUT2D eigenvalue weighted by molar-refractivity contribution is -0.175. The molecular formula is C45H52Cl2N2O4. The van der Waals surface area contributed by atoms with Crippen molar-refractivity contribution < 1.29 is 19.1 Å². The first-order valence-electron chi connectivity index (χ1n) is 19.5. The summed E-state index contributed by atoms with van der Waals surface area (Å²) in [5, 5.41) is 5.59. The third-order valence-corrected chi connectivity index (χ3v) is 11.3. The molecule has 0 bridgehead atoms. The molecule has 2 N–H and O–H groups in total. The molecule has 2 heterocycles. The zero-order valence-corrected chi connectivity index (χ0v) is 33.0. The zero-order valence-electron chi connectivity index (χ0n) is 31.5. The van der Waals surface area contributed by atoms with E-state index >= 15 is 0 Å². The van der Waals surface area contributed by atoms with Gasteiger partial charge in [-0.05, 0) is 111 Å². The van der Waals surface area contributed by atoms with Crippen LogP contribution in [0.25, 0.3) is 43.6 Å². The molecule has 0 aliphatic heterocycles. The Labute approximate surface area is 322 Å². The lowest BCUT2D eigenvalue weighted by Gasteiger charge is -2.36. The lowest BCUT2D eigenvalue weighted by atomic mass is 9.83. The van der Waals surface area contributed by atoms with Crippen molar-refractivity contribution in [2.45, 2.75) is 122 Å². The minimum atomic E-state index is -0.877. The van der Waals surface area contributed by atoms with Crippen LogP contribution in [0.5, 0.6) is 0 Å². The van der Waals surface area contributed by atoms with Crippen molar-refractivity contribution in [2.75, 3.05) is 0 Å². The second-order valence-corrected chi connectivity index (χ2v) is 15.6. The number of hydrogen-bond donors (Lipinski definition) is 2. The fourth-order valence-electron chi connectivity index (χ4n) is 7.94. The first kappa shape index (κ1) is 38.7. The van der Waals surface area contributed by atoms with Gasteiger partial charge in [-0.2, -0.15) is 0 Å². The molecule has 0 aliphatic carbocycles. The van der Waals surface area contributed by atoms with Crippen LogP contribution in [0.1, 0.15) is 122 Å². The molecule has 0 fully saturated rings. The molecule has 0 saturated heterocycles. The van der Waals surface area contributed by atoms with E-state index in [4.69, 9.17) is 32.7 Å². The zero-order chi connectivity index (χ0) is 37.6. The number of rotatable bonds is 18. The highest BCUT2D eigenvalue weighted by Gasteiger charge is 2.39. The highest BCUT2D eigenvalue weighted by atomic mass is 35.5. The number of unbranched alkanes of at least 4 members (excludes halogenated alkanes) is 4. The Morgan fingerprint density at radius 1 is 0.509 bits per heavy atom. The highest BCUT2D eigenvalue weighted by molar-refractivity contribution is 6.32. The molecule has 0 atom stereocenters. The van der Waals surface area contributed by atoms with Gasteiger partial charge in [0, 0.05) is 53.7 Å². The standard InChI is InChI=1S/C45H52Cl2N2O4/c1-5-9-21-44(22-10-6-2,30-13-17-34-36-27-32(46)15-19-38(36)48-40(34)25-30)52-42(50)29-43(51)53-45(23-11-7-3,24-12-8-4)31-14-18-35-37-28-33(47)16-20-39(37)49-41(35)26-31/h13-20,25-28,48-49H,5-12,21-24,29H2,1-4H3. The Hall–Kier alpha value is -4.00. The molecule has 0 unspecified atom stereocenters. The van der Waals surface area contributed by atoms with Crippen LogP contribution in [-0.2, 0) is 30.3 Å². The molecule has 6 aromatic rings. The topological polar surface area (TPSA) is 84.2 Å². The highest BCUT2D eigenvalue weighted by Crippen LogP contribution is 2.42. The largest absolute Gasteiger partial charge is 0.454 e. The average molecular weight is 756 g/mol. The molecule has 0 radical (unpaired) electrons. The summed E-state index contributed by atoms with van der Waals surface area (Å²) in [6.45, 7) is 8.57. The number of carbonyl (C=O) groups excluding carboxylic acids is 2. The summed E-state index contributed by atoms with van der Waals surface area (Å²) >= 11 is 12.7. The van der Waals surface area contributed by atoms with Gasteiger partial charge in [0.1, 0.15) is 17.6 Å². The number of H-pyrrole nitrogens is 2. The molecule has 0 amide bonds. The van der Waals surface area contributed by atoms with Gasteiger partial charge in [0.15, 0.2) is 0 Å². The Morgan fingerprint density at radius 2 is 0.887 bits per heavy atom. The molecule has 6 rings (SSSR count). The number of halogens is 2. The van der Waals surface area contributed by atoms with E-state index in [1.54, 1.807) is 0 Å². The third kappa shape index (κ3) is 8.39. The SMILES string of the molecule is CCCCC(CCCC)(OC(=O)CC(=O)OC(CCCC)(CCCC)c1ccc2c(c1)[nH]c1ccc(Cl)cc12)c1ccc2c(c1)[nH]c1ccc(Cl)cc12. The lowest BCUT2D eigenvalue weighted by Crippen LogP contribution is -2.36. The minimum Gasteiger partial charge on any atom is -0.454 e. The van der Waals surface area contributed by atoms with Crippen LogP contribution < -0.4 is 0 Å². The molecule has 2 aromatic heterocycles. The Balaban J connectivity index is 1.31. The van der Waals surface area contributed by atoms with E-state index in [1.165, 1.54) is 0 Å². The van der Waals surface area contributed by atoms with Gasteiger partial charge in [-0.1, -0.05) is 101 Å². The van der Waals surface area contributed by atoms with E-state index in [9.17, 15) is 9.59 Å². The predicted octanol–water partition coefficient (Wildman–Crippen LogP) is 13.6. The molecule has 6 nitrogen and oxygen atoms in total. The van der Waals surface area contributed by atoms with Crippen molar-refractivity contribution in [3.05, 3.63) is 94.0 Å². The normalized spacial score (nSPS) is 12.3. The van der Waals surface area contributed by atoms with Crippen molar-refractivity contribution in [3.8, 4) is 0 Å². The molecular weight excluding hydrogens is 703 g/mol. The van der Waals surface area contributed by atoms with Crippen LogP contribution in [0.15, 0.2) is 72.8 Å². The number of ether oxygens (including phenoxy) is 2. The number of hydrogen-bond acceptors (Lipinski definition) is 4. The third-order valence-electron chi connectivity index (χ3n) is 10.8. The van der Waals surface area contributed by atoms with Gasteiger partial charge < -0.3 is 19.4 Å². The Morgan fingerprint density at radius 3 is 1.25 bits per heavy atom. The van der Waals surface area contributed by atoms with Gasteiger partial charge >= 0.3 is 11.9 Å².